The summed E-state index contributed by atoms with van der Waals surface area (Å²) in [6.45, 7) is 6.17. The van der Waals surface area contributed by atoms with Gasteiger partial charge in [0.25, 0.3) is 0 Å². The molecule has 5 atom stereocenters. The van der Waals surface area contributed by atoms with Crippen LogP contribution in [-0.4, -0.2) is 73.4 Å². The third-order valence-corrected chi connectivity index (χ3v) is 7.67. The van der Waals surface area contributed by atoms with Gasteiger partial charge in [0.15, 0.2) is 0 Å². The zero-order chi connectivity index (χ0) is 20.1. The maximum atomic E-state index is 10.5. The number of nitrogens with zero attached hydrogens (tertiary/aromatic N) is 1. The van der Waals surface area contributed by atoms with E-state index in [4.69, 9.17) is 9.47 Å². The number of fused-ring (bicyclic) bond motifs is 1. The summed E-state index contributed by atoms with van der Waals surface area (Å²) in [5, 5.41) is 21.0. The van der Waals surface area contributed by atoms with Crippen molar-refractivity contribution in [3.05, 3.63) is 23.8 Å². The predicted octanol–water partition coefficient (Wildman–Crippen LogP) is 2.78. The standard InChI is InChI=1S/C24H39NO4/c26-23(19-3-1-2-4-19)6-5-21-22-16-18(15-20(22)17-24(21)27)7-11-28-12-8-25-9-13-29-14-10-25/h5-7,19-24,26-27H,1-4,8-17H2/b6-5+,18-7+/t20-,21?,22-,23+,24?/m0/s1. The molecule has 1 heterocycles. The molecule has 0 aromatic rings. The van der Waals surface area contributed by atoms with Crippen molar-refractivity contribution < 1.29 is 19.7 Å². The number of allylic oxidation sites excluding steroid dienone is 1. The largest absolute Gasteiger partial charge is 0.392 e. The summed E-state index contributed by atoms with van der Waals surface area (Å²) in [7, 11) is 0. The molecule has 5 heteroatoms. The van der Waals surface area contributed by atoms with Gasteiger partial charge in [0.2, 0.25) is 0 Å². The number of hydrogen-bond donors (Lipinski definition) is 2. The molecule has 4 fully saturated rings. The minimum atomic E-state index is -0.333. The summed E-state index contributed by atoms with van der Waals surface area (Å²) in [5.74, 6) is 1.73. The number of aliphatic hydroxyl groups excluding tert-OH is 2. The Morgan fingerprint density at radius 1 is 1.17 bits per heavy atom. The highest BCUT2D eigenvalue weighted by molar-refractivity contribution is 5.18. The molecule has 2 N–H and O–H groups in total. The van der Waals surface area contributed by atoms with Crippen LogP contribution in [0, 0.1) is 23.7 Å². The van der Waals surface area contributed by atoms with Crippen LogP contribution in [0.15, 0.2) is 23.8 Å². The molecule has 0 spiro atoms. The van der Waals surface area contributed by atoms with E-state index in [0.717, 1.165) is 71.6 Å². The number of aliphatic hydroxyl groups is 2. The molecule has 1 saturated heterocycles. The summed E-state index contributed by atoms with van der Waals surface area (Å²) in [4.78, 5) is 2.40. The van der Waals surface area contributed by atoms with Crippen LogP contribution in [0.2, 0.25) is 0 Å². The quantitative estimate of drug-likeness (QED) is 0.480. The van der Waals surface area contributed by atoms with E-state index >= 15 is 0 Å². The van der Waals surface area contributed by atoms with Gasteiger partial charge in [-0.2, -0.15) is 0 Å². The van der Waals surface area contributed by atoms with E-state index in [0.29, 0.717) is 24.4 Å². The number of ether oxygens (including phenoxy) is 2. The minimum Gasteiger partial charge on any atom is -0.392 e. The maximum absolute atomic E-state index is 10.5. The van der Waals surface area contributed by atoms with Gasteiger partial charge in [-0.1, -0.05) is 36.6 Å². The van der Waals surface area contributed by atoms with Crippen LogP contribution in [-0.2, 0) is 9.47 Å². The Hall–Kier alpha value is -0.720. The molecule has 4 aliphatic rings. The maximum Gasteiger partial charge on any atom is 0.0749 e. The van der Waals surface area contributed by atoms with E-state index in [1.165, 1.54) is 18.4 Å². The van der Waals surface area contributed by atoms with Crippen LogP contribution in [0.5, 0.6) is 0 Å². The fourth-order valence-corrected chi connectivity index (χ4v) is 5.92. The van der Waals surface area contributed by atoms with E-state index in [1.54, 1.807) is 0 Å². The highest BCUT2D eigenvalue weighted by atomic mass is 16.5. The lowest BCUT2D eigenvalue weighted by atomic mass is 9.89. The second kappa shape index (κ2) is 10.5. The van der Waals surface area contributed by atoms with E-state index in [9.17, 15) is 10.2 Å². The smallest absolute Gasteiger partial charge is 0.0749 e. The van der Waals surface area contributed by atoms with Gasteiger partial charge in [-0.15, -0.1) is 0 Å². The molecule has 3 aliphatic carbocycles. The highest BCUT2D eigenvalue weighted by Gasteiger charge is 2.45. The molecule has 0 radical (unpaired) electrons. The summed E-state index contributed by atoms with van der Waals surface area (Å²) in [6, 6.07) is 0. The fraction of sp³-hybridized carbons (Fsp3) is 0.833. The Kier molecular flexibility index (Phi) is 7.82. The van der Waals surface area contributed by atoms with Crippen LogP contribution in [0.1, 0.15) is 44.9 Å². The lowest BCUT2D eigenvalue weighted by molar-refractivity contribution is 0.0233. The van der Waals surface area contributed by atoms with Crippen LogP contribution in [0.4, 0.5) is 0 Å². The molecule has 4 rings (SSSR count). The Labute approximate surface area is 175 Å². The van der Waals surface area contributed by atoms with Crippen LogP contribution < -0.4 is 0 Å². The van der Waals surface area contributed by atoms with Crippen molar-refractivity contribution in [2.45, 2.75) is 57.2 Å². The van der Waals surface area contributed by atoms with Gasteiger partial charge in [0.05, 0.1) is 38.6 Å². The zero-order valence-corrected chi connectivity index (χ0v) is 17.8. The summed E-state index contributed by atoms with van der Waals surface area (Å²) < 4.78 is 11.2. The van der Waals surface area contributed by atoms with Crippen molar-refractivity contribution >= 4 is 0 Å². The minimum absolute atomic E-state index is 0.198. The monoisotopic (exact) mass is 405 g/mol. The molecule has 0 bridgehead atoms. The normalized spacial score (nSPS) is 36.4. The Morgan fingerprint density at radius 3 is 2.76 bits per heavy atom. The Morgan fingerprint density at radius 2 is 1.97 bits per heavy atom. The van der Waals surface area contributed by atoms with Gasteiger partial charge < -0.3 is 19.7 Å². The summed E-state index contributed by atoms with van der Waals surface area (Å²) in [6.07, 6.45) is 13.7. The molecule has 1 aliphatic heterocycles. The summed E-state index contributed by atoms with van der Waals surface area (Å²) in [5.41, 5.74) is 1.49. The molecule has 0 aromatic carbocycles. The number of hydrogen-bond acceptors (Lipinski definition) is 5. The van der Waals surface area contributed by atoms with Crippen molar-refractivity contribution in [3.63, 3.8) is 0 Å². The molecular formula is C24H39NO4. The first-order valence-corrected chi connectivity index (χ1v) is 11.8. The van der Waals surface area contributed by atoms with Crippen LogP contribution in [0.25, 0.3) is 0 Å². The van der Waals surface area contributed by atoms with E-state index in [-0.39, 0.29) is 18.1 Å². The predicted molar refractivity (Wildman–Crippen MR) is 114 cm³/mol. The molecule has 5 nitrogen and oxygen atoms in total. The third kappa shape index (κ3) is 5.71. The van der Waals surface area contributed by atoms with Gasteiger partial charge in [-0.3, -0.25) is 4.90 Å². The van der Waals surface area contributed by atoms with Crippen molar-refractivity contribution in [2.75, 3.05) is 46.1 Å². The second-order valence-electron chi connectivity index (χ2n) is 9.52. The molecule has 164 valence electrons. The van der Waals surface area contributed by atoms with Gasteiger partial charge in [0.1, 0.15) is 0 Å². The van der Waals surface area contributed by atoms with Gasteiger partial charge in [-0.05, 0) is 49.9 Å². The van der Waals surface area contributed by atoms with Crippen molar-refractivity contribution in [1.29, 1.82) is 0 Å². The average molecular weight is 406 g/mol. The molecular weight excluding hydrogens is 366 g/mol. The Bertz CT molecular complexity index is 565. The first-order chi connectivity index (χ1) is 14.2. The molecule has 0 amide bonds. The van der Waals surface area contributed by atoms with Gasteiger partial charge in [0, 0.05) is 25.6 Å². The molecule has 2 unspecified atom stereocenters. The van der Waals surface area contributed by atoms with Gasteiger partial charge >= 0.3 is 0 Å². The zero-order valence-electron chi connectivity index (χ0n) is 17.8. The third-order valence-electron chi connectivity index (χ3n) is 7.67. The first kappa shape index (κ1) is 21.5. The van der Waals surface area contributed by atoms with Crippen molar-refractivity contribution in [3.8, 4) is 0 Å². The van der Waals surface area contributed by atoms with E-state index < -0.39 is 0 Å². The molecule has 3 saturated carbocycles. The lowest BCUT2D eigenvalue weighted by Gasteiger charge is -2.26. The fourth-order valence-electron chi connectivity index (χ4n) is 5.92. The number of rotatable bonds is 8. The van der Waals surface area contributed by atoms with Crippen molar-refractivity contribution in [2.24, 2.45) is 23.7 Å². The topological polar surface area (TPSA) is 62.2 Å². The molecule has 29 heavy (non-hydrogen) atoms. The number of morpholine rings is 1. The summed E-state index contributed by atoms with van der Waals surface area (Å²) >= 11 is 0. The van der Waals surface area contributed by atoms with Crippen molar-refractivity contribution in [1.82, 2.24) is 4.90 Å². The average Bonchev–Trinajstić information content (AvgIpc) is 3.44. The van der Waals surface area contributed by atoms with E-state index in [2.05, 4.69) is 17.1 Å². The second-order valence-corrected chi connectivity index (χ2v) is 9.52. The lowest BCUT2D eigenvalue weighted by Crippen LogP contribution is -2.38. The Balaban J connectivity index is 1.20. The van der Waals surface area contributed by atoms with Gasteiger partial charge in [-0.25, -0.2) is 0 Å². The van der Waals surface area contributed by atoms with E-state index in [1.807, 2.05) is 6.08 Å². The SMILES string of the molecule is OC1C[C@@H]2C/C(=C\COCCN3CCOCC3)C[C@@H]2C1/C=C/[C@@H](O)C1CCCC1. The van der Waals surface area contributed by atoms with Crippen LogP contribution in [0.3, 0.4) is 0 Å². The highest BCUT2D eigenvalue weighted by Crippen LogP contribution is 2.50. The first-order valence-electron chi connectivity index (χ1n) is 11.8. The van der Waals surface area contributed by atoms with Crippen LogP contribution >= 0.6 is 0 Å². The molecule has 0 aromatic heterocycles.